The molecule has 0 aromatic carbocycles. The number of rotatable bonds is 3. The summed E-state index contributed by atoms with van der Waals surface area (Å²) in [5, 5.41) is 0. The van der Waals surface area contributed by atoms with Crippen LogP contribution in [-0.4, -0.2) is 18.2 Å². The summed E-state index contributed by atoms with van der Waals surface area (Å²) < 4.78 is 15.7. The van der Waals surface area contributed by atoms with Gasteiger partial charge in [-0.1, -0.05) is 19.3 Å². The molecule has 1 unspecified atom stereocenters. The van der Waals surface area contributed by atoms with Gasteiger partial charge in [-0.05, 0) is 18.8 Å². The lowest BCUT2D eigenvalue weighted by Gasteiger charge is -2.22. The fourth-order valence-electron chi connectivity index (χ4n) is 1.77. The van der Waals surface area contributed by atoms with Gasteiger partial charge in [-0.25, -0.2) is 0 Å². The van der Waals surface area contributed by atoms with Gasteiger partial charge in [0.25, 0.3) is 0 Å². The van der Waals surface area contributed by atoms with Gasteiger partial charge >= 0.3 is 7.60 Å². The molecular weight excluding hydrogens is 175 g/mol. The second kappa shape index (κ2) is 4.40. The van der Waals surface area contributed by atoms with E-state index in [0.717, 1.165) is 12.8 Å². The van der Waals surface area contributed by atoms with Gasteiger partial charge in [-0.15, -0.1) is 0 Å². The molecule has 1 N–H and O–H groups in total. The molecule has 1 saturated carbocycles. The van der Waals surface area contributed by atoms with Crippen molar-refractivity contribution in [1.82, 2.24) is 0 Å². The van der Waals surface area contributed by atoms with E-state index in [9.17, 15) is 9.46 Å². The molecule has 1 fully saturated rings. The Kier molecular flexibility index (Phi) is 3.76. The molecule has 12 heavy (non-hydrogen) atoms. The van der Waals surface area contributed by atoms with Gasteiger partial charge in [0.1, 0.15) is 0 Å². The zero-order valence-electron chi connectivity index (χ0n) is 7.53. The fraction of sp³-hybridized carbons (Fsp3) is 1.00. The van der Waals surface area contributed by atoms with Crippen molar-refractivity contribution < 1.29 is 14.0 Å². The van der Waals surface area contributed by atoms with Crippen LogP contribution >= 0.6 is 7.60 Å². The molecule has 4 heteroatoms. The van der Waals surface area contributed by atoms with Crippen LogP contribution in [0.15, 0.2) is 0 Å². The van der Waals surface area contributed by atoms with Crippen molar-refractivity contribution in [3.63, 3.8) is 0 Å². The monoisotopic (exact) mass is 192 g/mol. The van der Waals surface area contributed by atoms with Crippen molar-refractivity contribution >= 4 is 7.60 Å². The van der Waals surface area contributed by atoms with Crippen LogP contribution in [0.1, 0.15) is 32.1 Å². The van der Waals surface area contributed by atoms with Gasteiger partial charge in [-0.2, -0.15) is 0 Å². The van der Waals surface area contributed by atoms with Crippen molar-refractivity contribution in [2.24, 2.45) is 5.92 Å². The molecule has 0 saturated heterocycles. The normalized spacial score (nSPS) is 25.2. The zero-order chi connectivity index (χ0) is 9.03. The van der Waals surface area contributed by atoms with E-state index in [1.807, 2.05) is 0 Å². The quantitative estimate of drug-likeness (QED) is 0.698. The van der Waals surface area contributed by atoms with Crippen molar-refractivity contribution in [1.29, 1.82) is 0 Å². The van der Waals surface area contributed by atoms with E-state index < -0.39 is 7.60 Å². The Morgan fingerprint density at radius 1 is 1.42 bits per heavy atom. The molecule has 0 amide bonds. The van der Waals surface area contributed by atoms with Crippen LogP contribution in [-0.2, 0) is 9.09 Å². The van der Waals surface area contributed by atoms with Crippen LogP contribution in [0, 0.1) is 5.92 Å². The van der Waals surface area contributed by atoms with Gasteiger partial charge in [0.2, 0.25) is 0 Å². The lowest BCUT2D eigenvalue weighted by atomic mass is 9.91. The summed E-state index contributed by atoms with van der Waals surface area (Å²) in [4.78, 5) is 9.21. The van der Waals surface area contributed by atoms with E-state index in [1.54, 1.807) is 0 Å². The van der Waals surface area contributed by atoms with Crippen LogP contribution in [0.5, 0.6) is 0 Å². The third-order valence-corrected chi connectivity index (χ3v) is 4.05. The topological polar surface area (TPSA) is 46.5 Å². The molecule has 0 spiro atoms. The molecule has 0 bridgehead atoms. The van der Waals surface area contributed by atoms with Crippen molar-refractivity contribution in [3.8, 4) is 0 Å². The highest BCUT2D eigenvalue weighted by molar-refractivity contribution is 7.52. The lowest BCUT2D eigenvalue weighted by molar-refractivity contribution is 0.294. The van der Waals surface area contributed by atoms with Gasteiger partial charge in [-0.3, -0.25) is 4.57 Å². The predicted octanol–water partition coefficient (Wildman–Crippen LogP) is 2.40. The highest BCUT2D eigenvalue weighted by Crippen LogP contribution is 2.45. The summed E-state index contributed by atoms with van der Waals surface area (Å²) in [6.45, 7) is 0. The van der Waals surface area contributed by atoms with Crippen molar-refractivity contribution in [2.75, 3.05) is 13.3 Å². The molecule has 0 radical (unpaired) electrons. The SMILES string of the molecule is COP(=O)(O)CC1CCCCC1. The second-order valence-corrected chi connectivity index (χ2v) is 5.51. The molecule has 1 aliphatic rings. The average molecular weight is 192 g/mol. The molecule has 0 aromatic heterocycles. The predicted molar refractivity (Wildman–Crippen MR) is 48.3 cm³/mol. The van der Waals surface area contributed by atoms with Crippen LogP contribution in [0.25, 0.3) is 0 Å². The molecule has 72 valence electrons. The van der Waals surface area contributed by atoms with Gasteiger partial charge in [0.05, 0.1) is 6.16 Å². The van der Waals surface area contributed by atoms with Crippen molar-refractivity contribution in [2.45, 2.75) is 32.1 Å². The fourth-order valence-corrected chi connectivity index (χ4v) is 2.94. The van der Waals surface area contributed by atoms with E-state index in [2.05, 4.69) is 4.52 Å². The zero-order valence-corrected chi connectivity index (χ0v) is 8.43. The Hall–Kier alpha value is 0.150. The van der Waals surface area contributed by atoms with Gasteiger partial charge in [0.15, 0.2) is 0 Å². The Bertz CT molecular complexity index is 175. The minimum atomic E-state index is -3.24. The molecule has 0 aliphatic heterocycles. The van der Waals surface area contributed by atoms with Crippen LogP contribution in [0.2, 0.25) is 0 Å². The van der Waals surface area contributed by atoms with Crippen LogP contribution in [0.4, 0.5) is 0 Å². The molecule has 1 aliphatic carbocycles. The maximum atomic E-state index is 11.2. The highest BCUT2D eigenvalue weighted by Gasteiger charge is 2.24. The van der Waals surface area contributed by atoms with Gasteiger partial charge < -0.3 is 9.42 Å². The summed E-state index contributed by atoms with van der Waals surface area (Å²) >= 11 is 0. The first kappa shape index (κ1) is 10.2. The Morgan fingerprint density at radius 2 is 2.00 bits per heavy atom. The summed E-state index contributed by atoms with van der Waals surface area (Å²) in [6.07, 6.45) is 6.22. The largest absolute Gasteiger partial charge is 0.328 e. The van der Waals surface area contributed by atoms with E-state index >= 15 is 0 Å². The minimum absolute atomic E-state index is 0.351. The standard InChI is InChI=1S/C8H17O3P/c1-11-12(9,10)7-8-5-3-2-4-6-8/h8H,2-7H2,1H3,(H,9,10). The third-order valence-electron chi connectivity index (χ3n) is 2.50. The molecule has 0 heterocycles. The van der Waals surface area contributed by atoms with E-state index in [-0.39, 0.29) is 0 Å². The maximum absolute atomic E-state index is 11.2. The summed E-state index contributed by atoms with van der Waals surface area (Å²) in [5.74, 6) is 0.412. The summed E-state index contributed by atoms with van der Waals surface area (Å²) in [5.41, 5.74) is 0. The lowest BCUT2D eigenvalue weighted by Crippen LogP contribution is -2.11. The van der Waals surface area contributed by atoms with Crippen molar-refractivity contribution in [3.05, 3.63) is 0 Å². The molecule has 1 rings (SSSR count). The van der Waals surface area contributed by atoms with E-state index in [4.69, 9.17) is 0 Å². The first-order valence-electron chi connectivity index (χ1n) is 4.51. The number of hydrogen-bond acceptors (Lipinski definition) is 2. The molecule has 1 atom stereocenters. The molecular formula is C8H17O3P. The first-order valence-corrected chi connectivity index (χ1v) is 6.28. The summed E-state index contributed by atoms with van der Waals surface area (Å²) in [6, 6.07) is 0. The minimum Gasteiger partial charge on any atom is -0.324 e. The Morgan fingerprint density at radius 3 is 2.50 bits per heavy atom. The van der Waals surface area contributed by atoms with Gasteiger partial charge in [0, 0.05) is 7.11 Å². The highest BCUT2D eigenvalue weighted by atomic mass is 31.2. The third kappa shape index (κ3) is 3.26. The first-order chi connectivity index (χ1) is 5.64. The smallest absolute Gasteiger partial charge is 0.324 e. The van der Waals surface area contributed by atoms with Crippen LogP contribution in [0.3, 0.4) is 0 Å². The Balaban J connectivity index is 2.34. The second-order valence-electron chi connectivity index (χ2n) is 3.51. The van der Waals surface area contributed by atoms with Crippen LogP contribution < -0.4 is 0 Å². The Labute approximate surface area is 73.7 Å². The molecule has 3 nitrogen and oxygen atoms in total. The number of hydrogen-bond donors (Lipinski definition) is 1. The van der Waals surface area contributed by atoms with E-state index in [0.29, 0.717) is 12.1 Å². The van der Waals surface area contributed by atoms with E-state index in [1.165, 1.54) is 26.4 Å². The summed E-state index contributed by atoms with van der Waals surface area (Å²) in [7, 11) is -1.93. The molecule has 0 aromatic rings. The maximum Gasteiger partial charge on any atom is 0.328 e. The average Bonchev–Trinajstić information content (AvgIpc) is 2.06.